The number of nitrogens with one attached hydrogen (secondary N) is 2. The third kappa shape index (κ3) is 1.64. The normalized spacial score (nSPS) is 9.36. The van der Waals surface area contributed by atoms with E-state index in [2.05, 4.69) is 26.7 Å². The Hall–Kier alpha value is -0.740. The average molecular weight is 217 g/mol. The topological polar surface area (TPSA) is 44.3 Å². The van der Waals surface area contributed by atoms with Gasteiger partial charge in [-0.1, -0.05) is 6.07 Å². The van der Waals surface area contributed by atoms with Crippen molar-refractivity contribution >= 4 is 27.3 Å². The molecule has 0 atom stereocenters. The van der Waals surface area contributed by atoms with Crippen LogP contribution in [0, 0.1) is 0 Å². The predicted octanol–water partition coefficient (Wildman–Crippen LogP) is 2.29. The SMILES string of the molecule is CNc1c(Br)cccc1NO. The number of benzene rings is 1. The maximum atomic E-state index is 8.66. The lowest BCUT2D eigenvalue weighted by Crippen LogP contribution is -1.97. The summed E-state index contributed by atoms with van der Waals surface area (Å²) in [6.45, 7) is 0. The molecule has 0 aliphatic rings. The third-order valence-electron chi connectivity index (χ3n) is 1.38. The lowest BCUT2D eigenvalue weighted by Gasteiger charge is -2.08. The van der Waals surface area contributed by atoms with Crippen LogP contribution in [0.2, 0.25) is 0 Å². The van der Waals surface area contributed by atoms with Gasteiger partial charge in [-0.25, -0.2) is 0 Å². The first-order chi connectivity index (χ1) is 5.29. The monoisotopic (exact) mass is 216 g/mol. The van der Waals surface area contributed by atoms with E-state index in [0.717, 1.165) is 10.2 Å². The number of rotatable bonds is 2. The lowest BCUT2D eigenvalue weighted by molar-refractivity contribution is 0.389. The van der Waals surface area contributed by atoms with Crippen LogP contribution in [0.3, 0.4) is 0 Å². The summed E-state index contributed by atoms with van der Waals surface area (Å²) in [6, 6.07) is 5.51. The van der Waals surface area contributed by atoms with Gasteiger partial charge in [0.05, 0.1) is 11.4 Å². The number of hydrogen-bond donors (Lipinski definition) is 3. The lowest BCUT2D eigenvalue weighted by atomic mass is 10.3. The first kappa shape index (κ1) is 8.36. The quantitative estimate of drug-likeness (QED) is 0.666. The molecule has 0 saturated carbocycles. The molecule has 0 saturated heterocycles. The zero-order valence-corrected chi connectivity index (χ0v) is 7.64. The predicted molar refractivity (Wildman–Crippen MR) is 49.1 cm³/mol. The van der Waals surface area contributed by atoms with E-state index in [1.54, 1.807) is 13.1 Å². The summed E-state index contributed by atoms with van der Waals surface area (Å²) in [5.74, 6) is 0. The highest BCUT2D eigenvalue weighted by Gasteiger charge is 2.01. The van der Waals surface area contributed by atoms with Crippen LogP contribution in [-0.4, -0.2) is 12.3 Å². The summed E-state index contributed by atoms with van der Waals surface area (Å²) < 4.78 is 0.916. The van der Waals surface area contributed by atoms with Crippen molar-refractivity contribution in [2.24, 2.45) is 0 Å². The van der Waals surface area contributed by atoms with Gasteiger partial charge in [-0.05, 0) is 28.1 Å². The second-order valence-corrected chi connectivity index (χ2v) is 2.88. The summed E-state index contributed by atoms with van der Waals surface area (Å²) in [5.41, 5.74) is 3.59. The van der Waals surface area contributed by atoms with Crippen LogP contribution in [-0.2, 0) is 0 Å². The van der Waals surface area contributed by atoms with Crippen molar-refractivity contribution in [3.63, 3.8) is 0 Å². The minimum atomic E-state index is 0.655. The van der Waals surface area contributed by atoms with E-state index in [0.29, 0.717) is 5.69 Å². The molecule has 3 N–H and O–H groups in total. The summed E-state index contributed by atoms with van der Waals surface area (Å²) in [4.78, 5) is 0. The standard InChI is InChI=1S/C7H9BrN2O/c1-9-7-5(8)3-2-4-6(7)10-11/h2-4,9-11H,1H3. The van der Waals surface area contributed by atoms with Crippen molar-refractivity contribution in [3.05, 3.63) is 22.7 Å². The van der Waals surface area contributed by atoms with Gasteiger partial charge in [0.15, 0.2) is 0 Å². The molecule has 0 aromatic heterocycles. The van der Waals surface area contributed by atoms with Crippen molar-refractivity contribution in [3.8, 4) is 0 Å². The van der Waals surface area contributed by atoms with Crippen LogP contribution in [0.1, 0.15) is 0 Å². The Kier molecular flexibility index (Phi) is 2.73. The second kappa shape index (κ2) is 3.59. The zero-order chi connectivity index (χ0) is 8.27. The highest BCUT2D eigenvalue weighted by molar-refractivity contribution is 9.10. The Morgan fingerprint density at radius 2 is 2.18 bits per heavy atom. The fourth-order valence-electron chi connectivity index (χ4n) is 0.871. The van der Waals surface area contributed by atoms with Gasteiger partial charge in [0, 0.05) is 11.5 Å². The summed E-state index contributed by atoms with van der Waals surface area (Å²) >= 11 is 3.33. The molecule has 1 rings (SSSR count). The fraction of sp³-hybridized carbons (Fsp3) is 0.143. The highest BCUT2D eigenvalue weighted by Crippen LogP contribution is 2.29. The van der Waals surface area contributed by atoms with E-state index in [1.807, 2.05) is 12.1 Å². The molecule has 0 heterocycles. The van der Waals surface area contributed by atoms with Gasteiger partial charge >= 0.3 is 0 Å². The first-order valence-electron chi connectivity index (χ1n) is 3.16. The molecule has 0 spiro atoms. The van der Waals surface area contributed by atoms with Gasteiger partial charge in [-0.15, -0.1) is 0 Å². The highest BCUT2D eigenvalue weighted by atomic mass is 79.9. The van der Waals surface area contributed by atoms with Crippen LogP contribution in [0.25, 0.3) is 0 Å². The van der Waals surface area contributed by atoms with E-state index in [4.69, 9.17) is 5.21 Å². The van der Waals surface area contributed by atoms with Crippen molar-refractivity contribution in [2.75, 3.05) is 17.8 Å². The fourth-order valence-corrected chi connectivity index (χ4v) is 1.44. The van der Waals surface area contributed by atoms with E-state index >= 15 is 0 Å². The molecular weight excluding hydrogens is 208 g/mol. The summed E-state index contributed by atoms with van der Waals surface area (Å²) in [5, 5.41) is 11.6. The molecule has 0 aliphatic heterocycles. The van der Waals surface area contributed by atoms with Gasteiger partial charge in [0.25, 0.3) is 0 Å². The van der Waals surface area contributed by atoms with E-state index in [1.165, 1.54) is 0 Å². The molecule has 0 unspecified atom stereocenters. The maximum Gasteiger partial charge on any atom is 0.0844 e. The minimum absolute atomic E-state index is 0.655. The second-order valence-electron chi connectivity index (χ2n) is 2.02. The number of hydrogen-bond acceptors (Lipinski definition) is 3. The van der Waals surface area contributed by atoms with Gasteiger partial charge in [-0.2, -0.15) is 0 Å². The molecule has 4 heteroatoms. The van der Waals surface area contributed by atoms with Crippen molar-refractivity contribution in [1.82, 2.24) is 0 Å². The first-order valence-corrected chi connectivity index (χ1v) is 3.95. The third-order valence-corrected chi connectivity index (χ3v) is 2.04. The summed E-state index contributed by atoms with van der Waals surface area (Å²) in [6.07, 6.45) is 0. The van der Waals surface area contributed by atoms with E-state index in [9.17, 15) is 0 Å². The molecule has 1 aromatic carbocycles. The maximum absolute atomic E-state index is 8.66. The molecule has 60 valence electrons. The number of halogens is 1. The molecule has 11 heavy (non-hydrogen) atoms. The van der Waals surface area contributed by atoms with Gasteiger partial charge in [0.1, 0.15) is 0 Å². The molecule has 0 amide bonds. The van der Waals surface area contributed by atoms with Crippen LogP contribution < -0.4 is 10.8 Å². The Bertz CT molecular complexity index is 252. The van der Waals surface area contributed by atoms with Crippen molar-refractivity contribution in [1.29, 1.82) is 0 Å². The molecular formula is C7H9BrN2O. The Morgan fingerprint density at radius 3 is 2.64 bits per heavy atom. The van der Waals surface area contributed by atoms with E-state index in [-0.39, 0.29) is 0 Å². The van der Waals surface area contributed by atoms with Gasteiger partial charge in [0.2, 0.25) is 0 Å². The van der Waals surface area contributed by atoms with Crippen molar-refractivity contribution in [2.45, 2.75) is 0 Å². The van der Waals surface area contributed by atoms with Gasteiger partial charge < -0.3 is 5.32 Å². The van der Waals surface area contributed by atoms with Crippen LogP contribution in [0.4, 0.5) is 11.4 Å². The van der Waals surface area contributed by atoms with E-state index < -0.39 is 0 Å². The Morgan fingerprint density at radius 1 is 1.45 bits per heavy atom. The zero-order valence-electron chi connectivity index (χ0n) is 6.06. The molecule has 0 radical (unpaired) electrons. The molecule has 3 nitrogen and oxygen atoms in total. The number of para-hydroxylation sites is 1. The average Bonchev–Trinajstić information content (AvgIpc) is 2.04. The summed E-state index contributed by atoms with van der Waals surface area (Å²) in [7, 11) is 1.79. The molecule has 0 fully saturated rings. The van der Waals surface area contributed by atoms with Crippen LogP contribution >= 0.6 is 15.9 Å². The largest absolute Gasteiger partial charge is 0.385 e. The molecule has 0 aliphatic carbocycles. The van der Waals surface area contributed by atoms with Gasteiger partial charge in [-0.3, -0.25) is 10.7 Å². The van der Waals surface area contributed by atoms with Crippen LogP contribution in [0.15, 0.2) is 22.7 Å². The van der Waals surface area contributed by atoms with Crippen LogP contribution in [0.5, 0.6) is 0 Å². The molecule has 1 aromatic rings. The Balaban J connectivity index is 3.13. The number of anilines is 2. The Labute approximate surface area is 73.5 Å². The molecule has 0 bridgehead atoms. The minimum Gasteiger partial charge on any atom is -0.385 e. The van der Waals surface area contributed by atoms with Crippen molar-refractivity contribution < 1.29 is 5.21 Å². The smallest absolute Gasteiger partial charge is 0.0844 e.